The van der Waals surface area contributed by atoms with Gasteiger partial charge in [-0.15, -0.1) is 0 Å². The summed E-state index contributed by atoms with van der Waals surface area (Å²) < 4.78 is 17.9. The van der Waals surface area contributed by atoms with Crippen molar-refractivity contribution in [2.45, 2.75) is 52.7 Å². The maximum Gasteiger partial charge on any atom is 0.307 e. The van der Waals surface area contributed by atoms with Crippen molar-refractivity contribution in [1.82, 2.24) is 4.90 Å². The van der Waals surface area contributed by atoms with Crippen molar-refractivity contribution in [3.63, 3.8) is 0 Å². The van der Waals surface area contributed by atoms with Gasteiger partial charge in [-0.25, -0.2) is 4.39 Å². The molecule has 0 bridgehead atoms. The van der Waals surface area contributed by atoms with Crippen LogP contribution in [0.5, 0.6) is 0 Å². The minimum atomic E-state index is -0.507. The second-order valence-electron chi connectivity index (χ2n) is 7.97. The number of carbonyl (C=O) groups is 2. The average molecular weight is 439 g/mol. The fourth-order valence-corrected chi connectivity index (χ4v) is 3.71. The van der Waals surface area contributed by atoms with E-state index in [2.05, 4.69) is 18.7 Å². The van der Waals surface area contributed by atoms with E-state index in [0.29, 0.717) is 5.56 Å². The summed E-state index contributed by atoms with van der Waals surface area (Å²) in [4.78, 5) is 25.1. The van der Waals surface area contributed by atoms with Crippen LogP contribution in [0.25, 0.3) is 0 Å². The number of ketones is 1. The minimum Gasteiger partial charge on any atom is -0.457 e. The fraction of sp³-hybridized carbons (Fsp3) is 0.423. The van der Waals surface area contributed by atoms with E-state index < -0.39 is 12.0 Å². The molecule has 1 heterocycles. The molecule has 6 heteroatoms. The first-order valence-electron chi connectivity index (χ1n) is 11.0. The molecule has 0 aliphatic carbocycles. The molecule has 0 N–H and O–H groups in total. The molecular weight excluding hydrogens is 407 g/mol. The molecule has 0 aromatic heterocycles. The van der Waals surface area contributed by atoms with Gasteiger partial charge >= 0.3 is 5.97 Å². The molecule has 32 heavy (non-hydrogen) atoms. The Labute approximate surface area is 189 Å². The van der Waals surface area contributed by atoms with Crippen LogP contribution in [0.15, 0.2) is 48.5 Å². The Morgan fingerprint density at radius 3 is 2.19 bits per heavy atom. The average Bonchev–Trinajstić information content (AvgIpc) is 3.18. The second-order valence-corrected chi connectivity index (χ2v) is 7.97. The van der Waals surface area contributed by atoms with Gasteiger partial charge in [0.1, 0.15) is 17.7 Å². The minimum absolute atomic E-state index is 0.0507. The topological polar surface area (TPSA) is 70.4 Å². The van der Waals surface area contributed by atoms with Crippen LogP contribution in [0.2, 0.25) is 0 Å². The lowest BCUT2D eigenvalue weighted by Crippen LogP contribution is -2.24. The van der Waals surface area contributed by atoms with Crippen molar-refractivity contribution in [3.8, 4) is 6.07 Å². The largest absolute Gasteiger partial charge is 0.457 e. The quantitative estimate of drug-likeness (QED) is 0.530. The predicted octanol–water partition coefficient (Wildman–Crippen LogP) is 5.20. The Morgan fingerprint density at radius 2 is 1.69 bits per heavy atom. The second kappa shape index (κ2) is 12.7. The summed E-state index contributed by atoms with van der Waals surface area (Å²) >= 11 is 0. The number of rotatable bonds is 8. The third-order valence-electron chi connectivity index (χ3n) is 5.30. The lowest BCUT2D eigenvalue weighted by Gasteiger charge is -2.20. The Morgan fingerprint density at radius 1 is 1.09 bits per heavy atom. The fourth-order valence-electron chi connectivity index (χ4n) is 3.71. The molecule has 1 fully saturated rings. The number of ether oxygens (including phenoxy) is 1. The zero-order valence-electron chi connectivity index (χ0n) is 19.0. The number of hydrogen-bond donors (Lipinski definition) is 0. The van der Waals surface area contributed by atoms with E-state index in [1.165, 1.54) is 37.5 Å². The number of cyclic esters (lactones) is 1. The molecule has 5 nitrogen and oxygen atoms in total. The molecule has 1 saturated heterocycles. The van der Waals surface area contributed by atoms with Crippen molar-refractivity contribution in [2.75, 3.05) is 13.1 Å². The third-order valence-corrected chi connectivity index (χ3v) is 5.30. The SMILES string of the molecule is CC(=O)[C@H]1CC(=O)OC1c1ccc(C#N)cc1.CCCN(CCC)Cc1ccc(F)cc1. The Kier molecular flexibility index (Phi) is 10.0. The highest BCUT2D eigenvalue weighted by atomic mass is 19.1. The molecular formula is C26H31FN2O3. The van der Waals surface area contributed by atoms with Gasteiger partial charge in [0.25, 0.3) is 0 Å². The van der Waals surface area contributed by atoms with Crippen LogP contribution in [0, 0.1) is 23.1 Å². The van der Waals surface area contributed by atoms with Crippen molar-refractivity contribution >= 4 is 11.8 Å². The molecule has 3 rings (SSSR count). The summed E-state index contributed by atoms with van der Waals surface area (Å²) in [6.45, 7) is 9.00. The number of carbonyl (C=O) groups excluding carboxylic acids is 2. The Bertz CT molecular complexity index is 914. The van der Waals surface area contributed by atoms with Gasteiger partial charge in [-0.05, 0) is 68.2 Å². The molecule has 2 aromatic rings. The summed E-state index contributed by atoms with van der Waals surface area (Å²) in [6, 6.07) is 15.6. The number of benzene rings is 2. The first-order valence-corrected chi connectivity index (χ1v) is 11.0. The third kappa shape index (κ3) is 7.58. The summed E-state index contributed by atoms with van der Waals surface area (Å²) in [6.07, 6.45) is 1.97. The zero-order chi connectivity index (χ0) is 23.5. The van der Waals surface area contributed by atoms with Crippen molar-refractivity contribution < 1.29 is 18.7 Å². The standard InChI is InChI=1S/C13H20FN.C13H11NO3/c1-3-9-15(10-4-2)11-12-5-7-13(14)8-6-12;1-8(15)11-6-12(16)17-13(11)10-4-2-9(7-14)3-5-10/h5-8H,3-4,9-11H2,1-2H3;2-5,11,13H,6H2,1H3/t;11-,13?/m.1/s1. The van der Waals surface area contributed by atoms with Crippen LogP contribution in [0.3, 0.4) is 0 Å². The van der Waals surface area contributed by atoms with Crippen LogP contribution < -0.4 is 0 Å². The molecule has 170 valence electrons. The van der Waals surface area contributed by atoms with Crippen LogP contribution in [0.1, 0.15) is 62.8 Å². The highest BCUT2D eigenvalue weighted by Gasteiger charge is 2.38. The normalized spacial score (nSPS) is 17.3. The Hall–Kier alpha value is -3.04. The van der Waals surface area contributed by atoms with Gasteiger partial charge in [-0.2, -0.15) is 5.26 Å². The molecule has 1 unspecified atom stereocenters. The van der Waals surface area contributed by atoms with Gasteiger partial charge in [0.2, 0.25) is 0 Å². The molecule has 0 spiro atoms. The van der Waals surface area contributed by atoms with Gasteiger partial charge in [0.15, 0.2) is 0 Å². The molecule has 0 radical (unpaired) electrons. The number of nitrogens with zero attached hydrogens (tertiary/aromatic N) is 2. The van der Waals surface area contributed by atoms with Gasteiger partial charge in [0, 0.05) is 6.54 Å². The van der Waals surface area contributed by atoms with E-state index >= 15 is 0 Å². The lowest BCUT2D eigenvalue weighted by atomic mass is 9.92. The van der Waals surface area contributed by atoms with Crippen LogP contribution in [-0.2, 0) is 20.9 Å². The van der Waals surface area contributed by atoms with Gasteiger partial charge in [0.05, 0.1) is 24.0 Å². The first-order chi connectivity index (χ1) is 15.4. The summed E-state index contributed by atoms with van der Waals surface area (Å²) in [5, 5.41) is 8.69. The summed E-state index contributed by atoms with van der Waals surface area (Å²) in [5.41, 5.74) is 2.49. The van der Waals surface area contributed by atoms with Gasteiger partial charge < -0.3 is 4.74 Å². The molecule has 0 amide bonds. The number of Topliss-reactive ketones (excluding diaryl/α,β-unsaturated/α-hetero) is 1. The predicted molar refractivity (Wildman–Crippen MR) is 121 cm³/mol. The summed E-state index contributed by atoms with van der Waals surface area (Å²) in [5.74, 6) is -0.962. The Balaban J connectivity index is 0.000000229. The van der Waals surface area contributed by atoms with Crippen molar-refractivity contribution in [3.05, 3.63) is 71.0 Å². The molecule has 1 aliphatic rings. The number of esters is 1. The van der Waals surface area contributed by atoms with Gasteiger partial charge in [-0.1, -0.05) is 38.1 Å². The maximum atomic E-state index is 12.7. The molecule has 1 aliphatic heterocycles. The molecule has 0 saturated carbocycles. The van der Waals surface area contributed by atoms with Crippen molar-refractivity contribution in [1.29, 1.82) is 5.26 Å². The lowest BCUT2D eigenvalue weighted by molar-refractivity contribution is -0.141. The van der Waals surface area contributed by atoms with Crippen LogP contribution >= 0.6 is 0 Å². The van der Waals surface area contributed by atoms with E-state index in [0.717, 1.165) is 25.2 Å². The number of halogens is 1. The number of nitriles is 1. The van der Waals surface area contributed by atoms with E-state index in [9.17, 15) is 14.0 Å². The van der Waals surface area contributed by atoms with Gasteiger partial charge in [-0.3, -0.25) is 14.5 Å². The zero-order valence-corrected chi connectivity index (χ0v) is 19.0. The first kappa shape index (κ1) is 25.2. The smallest absolute Gasteiger partial charge is 0.307 e. The van der Waals surface area contributed by atoms with Crippen LogP contribution in [0.4, 0.5) is 4.39 Å². The van der Waals surface area contributed by atoms with E-state index in [1.54, 1.807) is 24.3 Å². The van der Waals surface area contributed by atoms with E-state index in [1.807, 2.05) is 18.2 Å². The highest BCUT2D eigenvalue weighted by Crippen LogP contribution is 2.35. The summed E-state index contributed by atoms with van der Waals surface area (Å²) in [7, 11) is 0. The van der Waals surface area contributed by atoms with E-state index in [4.69, 9.17) is 10.00 Å². The maximum absolute atomic E-state index is 12.7. The molecule has 2 aromatic carbocycles. The van der Waals surface area contributed by atoms with Crippen LogP contribution in [-0.4, -0.2) is 29.7 Å². The van der Waals surface area contributed by atoms with Crippen molar-refractivity contribution in [2.24, 2.45) is 5.92 Å². The highest BCUT2D eigenvalue weighted by molar-refractivity contribution is 5.86. The van der Waals surface area contributed by atoms with E-state index in [-0.39, 0.29) is 24.0 Å². The monoisotopic (exact) mass is 438 g/mol. The molecule has 2 atom stereocenters. The number of hydrogen-bond acceptors (Lipinski definition) is 5.